The minimum absolute atomic E-state index is 0.146. The van der Waals surface area contributed by atoms with E-state index in [-0.39, 0.29) is 5.57 Å². The number of hydrogen-bond donors (Lipinski definition) is 2. The van der Waals surface area contributed by atoms with Gasteiger partial charge in [-0.1, -0.05) is 27.4 Å². The Bertz CT molecular complexity index is 284. The summed E-state index contributed by atoms with van der Waals surface area (Å²) in [6.45, 7) is 8.53. The monoisotopic (exact) mass is 197 g/mol. The molecule has 2 N–H and O–H groups in total. The smallest absolute Gasteiger partial charge is 0.333 e. The molecule has 0 saturated heterocycles. The third-order valence-electron chi connectivity index (χ3n) is 1.58. The molecule has 0 aromatic carbocycles. The van der Waals surface area contributed by atoms with Gasteiger partial charge in [0.15, 0.2) is 0 Å². The predicted molar refractivity (Wildman–Crippen MR) is 53.5 cm³/mol. The Kier molecular flexibility index (Phi) is 4.08. The molecule has 0 unspecified atom stereocenters. The first kappa shape index (κ1) is 12.4. The zero-order valence-electron chi connectivity index (χ0n) is 8.63. The summed E-state index contributed by atoms with van der Waals surface area (Å²) >= 11 is 0. The Morgan fingerprint density at radius 3 is 2.14 bits per heavy atom. The van der Waals surface area contributed by atoms with Crippen molar-refractivity contribution in [1.82, 2.24) is 5.32 Å². The van der Waals surface area contributed by atoms with E-state index in [2.05, 4.69) is 11.9 Å². The SMILES string of the molecule is C=CC(=O)NC=C(C(=O)O)C(C)(C)C. The number of carbonyl (C=O) groups excluding carboxylic acids is 1. The lowest BCUT2D eigenvalue weighted by atomic mass is 9.87. The summed E-state index contributed by atoms with van der Waals surface area (Å²) in [7, 11) is 0. The van der Waals surface area contributed by atoms with Gasteiger partial charge < -0.3 is 10.4 Å². The van der Waals surface area contributed by atoms with Crippen molar-refractivity contribution in [2.75, 3.05) is 0 Å². The van der Waals surface area contributed by atoms with Gasteiger partial charge in [-0.2, -0.15) is 0 Å². The summed E-state index contributed by atoms with van der Waals surface area (Å²) in [5.41, 5.74) is -0.368. The summed E-state index contributed by atoms with van der Waals surface area (Å²) < 4.78 is 0. The van der Waals surface area contributed by atoms with E-state index in [1.807, 2.05) is 0 Å². The number of carboxylic acid groups (broad SMARTS) is 1. The van der Waals surface area contributed by atoms with Gasteiger partial charge in [-0.25, -0.2) is 4.79 Å². The number of nitrogens with one attached hydrogen (secondary N) is 1. The van der Waals surface area contributed by atoms with Crippen molar-refractivity contribution in [2.45, 2.75) is 20.8 Å². The standard InChI is InChI=1S/C10H15NO3/c1-5-8(12)11-6-7(9(13)14)10(2,3)4/h5-6H,1H2,2-4H3,(H,11,12)(H,13,14). The van der Waals surface area contributed by atoms with Gasteiger partial charge in [-0.05, 0) is 11.5 Å². The molecule has 0 spiro atoms. The number of amides is 1. The van der Waals surface area contributed by atoms with Crippen LogP contribution in [0.2, 0.25) is 0 Å². The molecule has 0 bridgehead atoms. The van der Waals surface area contributed by atoms with E-state index in [1.165, 1.54) is 6.20 Å². The van der Waals surface area contributed by atoms with E-state index in [1.54, 1.807) is 20.8 Å². The lowest BCUT2D eigenvalue weighted by Crippen LogP contribution is -2.23. The maximum atomic E-state index is 10.8. The van der Waals surface area contributed by atoms with Crippen molar-refractivity contribution in [3.8, 4) is 0 Å². The number of hydrogen-bond acceptors (Lipinski definition) is 2. The highest BCUT2D eigenvalue weighted by molar-refractivity contribution is 5.91. The zero-order valence-corrected chi connectivity index (χ0v) is 8.63. The Morgan fingerprint density at radius 2 is 1.86 bits per heavy atom. The van der Waals surface area contributed by atoms with Gasteiger partial charge in [-0.15, -0.1) is 0 Å². The maximum Gasteiger partial charge on any atom is 0.333 e. The summed E-state index contributed by atoms with van der Waals surface area (Å²) in [6.07, 6.45) is 2.28. The van der Waals surface area contributed by atoms with Crippen LogP contribution >= 0.6 is 0 Å². The Hall–Kier alpha value is -1.58. The first-order valence-electron chi connectivity index (χ1n) is 4.16. The number of rotatable bonds is 3. The van der Waals surface area contributed by atoms with Crippen LogP contribution in [0.3, 0.4) is 0 Å². The minimum Gasteiger partial charge on any atom is -0.478 e. The highest BCUT2D eigenvalue weighted by Crippen LogP contribution is 2.24. The topological polar surface area (TPSA) is 66.4 Å². The molecule has 0 aromatic heterocycles. The average molecular weight is 197 g/mol. The molecule has 14 heavy (non-hydrogen) atoms. The molecule has 78 valence electrons. The highest BCUT2D eigenvalue weighted by Gasteiger charge is 2.23. The van der Waals surface area contributed by atoms with E-state index in [4.69, 9.17) is 5.11 Å². The Morgan fingerprint density at radius 1 is 1.36 bits per heavy atom. The fraction of sp³-hybridized carbons (Fsp3) is 0.400. The molecule has 0 heterocycles. The van der Waals surface area contributed by atoms with Crippen molar-refractivity contribution < 1.29 is 14.7 Å². The van der Waals surface area contributed by atoms with E-state index in [0.717, 1.165) is 6.08 Å². The molecule has 0 aliphatic carbocycles. The van der Waals surface area contributed by atoms with Crippen LogP contribution in [0, 0.1) is 5.41 Å². The van der Waals surface area contributed by atoms with Gasteiger partial charge >= 0.3 is 5.97 Å². The zero-order chi connectivity index (χ0) is 11.4. The second-order valence-electron chi connectivity index (χ2n) is 3.83. The van der Waals surface area contributed by atoms with Crippen LogP contribution in [0.4, 0.5) is 0 Å². The molecule has 0 saturated carbocycles. The van der Waals surface area contributed by atoms with Crippen LogP contribution in [-0.4, -0.2) is 17.0 Å². The first-order valence-corrected chi connectivity index (χ1v) is 4.16. The van der Waals surface area contributed by atoms with Crippen molar-refractivity contribution in [3.63, 3.8) is 0 Å². The molecule has 0 rings (SSSR count). The summed E-state index contributed by atoms with van der Waals surface area (Å²) in [6, 6.07) is 0. The van der Waals surface area contributed by atoms with Gasteiger partial charge in [0.2, 0.25) is 5.91 Å². The fourth-order valence-electron chi connectivity index (χ4n) is 0.801. The predicted octanol–water partition coefficient (Wildman–Crippen LogP) is 1.30. The van der Waals surface area contributed by atoms with E-state index < -0.39 is 17.3 Å². The third-order valence-corrected chi connectivity index (χ3v) is 1.58. The van der Waals surface area contributed by atoms with E-state index in [0.29, 0.717) is 0 Å². The van der Waals surface area contributed by atoms with Crippen LogP contribution in [-0.2, 0) is 9.59 Å². The molecule has 0 aliphatic heterocycles. The Balaban J connectivity index is 4.76. The van der Waals surface area contributed by atoms with Crippen LogP contribution in [0.15, 0.2) is 24.4 Å². The molecular weight excluding hydrogens is 182 g/mol. The van der Waals surface area contributed by atoms with Gasteiger partial charge in [-0.3, -0.25) is 4.79 Å². The van der Waals surface area contributed by atoms with Crippen molar-refractivity contribution >= 4 is 11.9 Å². The molecule has 0 radical (unpaired) electrons. The molecule has 4 heteroatoms. The molecule has 0 aromatic rings. The molecule has 0 atom stereocenters. The van der Waals surface area contributed by atoms with Crippen LogP contribution in [0.25, 0.3) is 0 Å². The first-order chi connectivity index (χ1) is 6.29. The minimum atomic E-state index is -1.04. The number of aliphatic carboxylic acids is 1. The van der Waals surface area contributed by atoms with Gasteiger partial charge in [0.25, 0.3) is 0 Å². The van der Waals surface area contributed by atoms with Crippen LogP contribution in [0.5, 0.6) is 0 Å². The molecular formula is C10H15NO3. The summed E-state index contributed by atoms with van der Waals surface area (Å²) in [5, 5.41) is 11.2. The molecule has 1 amide bonds. The molecule has 0 fully saturated rings. The van der Waals surface area contributed by atoms with Crippen LogP contribution in [0.1, 0.15) is 20.8 Å². The van der Waals surface area contributed by atoms with E-state index >= 15 is 0 Å². The normalized spacial score (nSPS) is 12.1. The quantitative estimate of drug-likeness (QED) is 0.670. The number of carbonyl (C=O) groups is 2. The lowest BCUT2D eigenvalue weighted by Gasteiger charge is -2.18. The van der Waals surface area contributed by atoms with Crippen molar-refractivity contribution in [2.24, 2.45) is 5.41 Å². The third kappa shape index (κ3) is 3.89. The van der Waals surface area contributed by atoms with Crippen LogP contribution < -0.4 is 5.32 Å². The lowest BCUT2D eigenvalue weighted by molar-refractivity contribution is -0.133. The largest absolute Gasteiger partial charge is 0.478 e. The van der Waals surface area contributed by atoms with Crippen molar-refractivity contribution in [3.05, 3.63) is 24.4 Å². The molecule has 4 nitrogen and oxygen atoms in total. The number of carboxylic acids is 1. The van der Waals surface area contributed by atoms with Gasteiger partial charge in [0.05, 0.1) is 5.57 Å². The average Bonchev–Trinajstić information content (AvgIpc) is 2.01. The fourth-order valence-corrected chi connectivity index (χ4v) is 0.801. The summed E-state index contributed by atoms with van der Waals surface area (Å²) in [5.74, 6) is -1.46. The Labute approximate surface area is 83.3 Å². The second-order valence-corrected chi connectivity index (χ2v) is 3.83. The molecule has 0 aliphatic rings. The second kappa shape index (κ2) is 4.60. The van der Waals surface area contributed by atoms with Crippen molar-refractivity contribution in [1.29, 1.82) is 0 Å². The highest BCUT2D eigenvalue weighted by atomic mass is 16.4. The summed E-state index contributed by atoms with van der Waals surface area (Å²) in [4.78, 5) is 21.6. The maximum absolute atomic E-state index is 10.8. The van der Waals surface area contributed by atoms with Gasteiger partial charge in [0.1, 0.15) is 0 Å². The van der Waals surface area contributed by atoms with E-state index in [9.17, 15) is 9.59 Å². The van der Waals surface area contributed by atoms with Gasteiger partial charge in [0, 0.05) is 6.20 Å².